The Kier molecular flexibility index (Phi) is 4.12. The molecule has 1 saturated heterocycles. The monoisotopic (exact) mass is 441 g/mol. The van der Waals surface area contributed by atoms with Crippen LogP contribution in [0.5, 0.6) is 0 Å². The van der Waals surface area contributed by atoms with Crippen LogP contribution in [-0.4, -0.2) is 56.8 Å². The van der Waals surface area contributed by atoms with Crippen molar-refractivity contribution in [2.75, 3.05) is 20.2 Å². The molecule has 0 bridgehead atoms. The molecular weight excluding hydrogens is 418 g/mol. The lowest BCUT2D eigenvalue weighted by atomic mass is 9.57. The normalized spacial score (nSPS) is 21.6. The Balaban J connectivity index is 1.27. The van der Waals surface area contributed by atoms with Crippen molar-refractivity contribution < 1.29 is 14.3 Å². The van der Waals surface area contributed by atoms with Gasteiger partial charge in [0, 0.05) is 35.4 Å². The van der Waals surface area contributed by atoms with Crippen molar-refractivity contribution in [1.82, 2.24) is 24.6 Å². The van der Waals surface area contributed by atoms with Gasteiger partial charge in [-0.25, -0.2) is 4.79 Å². The van der Waals surface area contributed by atoms with Gasteiger partial charge >= 0.3 is 6.09 Å². The van der Waals surface area contributed by atoms with Crippen LogP contribution in [0.3, 0.4) is 0 Å². The molecule has 0 atom stereocenters. The summed E-state index contributed by atoms with van der Waals surface area (Å²) in [6.45, 7) is 2.48. The molecule has 1 aromatic carbocycles. The fourth-order valence-corrected chi connectivity index (χ4v) is 5.68. The Hall–Kier alpha value is -2.61. The molecule has 3 heterocycles. The van der Waals surface area contributed by atoms with Crippen LogP contribution in [-0.2, 0) is 22.6 Å². The maximum atomic E-state index is 12.3. The van der Waals surface area contributed by atoms with Gasteiger partial charge in [0.2, 0.25) is 5.91 Å². The van der Waals surface area contributed by atoms with Gasteiger partial charge in [0.05, 0.1) is 25.9 Å². The molecule has 31 heavy (non-hydrogen) atoms. The summed E-state index contributed by atoms with van der Waals surface area (Å²) < 4.78 is 7.05. The minimum Gasteiger partial charge on any atom is -0.453 e. The highest BCUT2D eigenvalue weighted by Crippen LogP contribution is 2.56. The number of benzene rings is 1. The molecule has 1 spiro atoms. The minimum atomic E-state index is -0.401. The highest BCUT2D eigenvalue weighted by molar-refractivity contribution is 6.30. The number of hydrogen-bond donors (Lipinski definition) is 0. The molecule has 4 aliphatic rings. The van der Waals surface area contributed by atoms with E-state index in [1.54, 1.807) is 4.90 Å². The number of hydrogen-bond acceptors (Lipinski definition) is 5. The SMILES string of the molecule is COC(=O)N1Cc2cc(Cl)ccc2-n2c(nnc2C2CC3(C2)CN(C(=O)C2CC2)C3)C1. The Morgan fingerprint density at radius 1 is 1.13 bits per heavy atom. The van der Waals surface area contributed by atoms with Gasteiger partial charge in [-0.2, -0.15) is 0 Å². The fourth-order valence-electron chi connectivity index (χ4n) is 5.48. The van der Waals surface area contributed by atoms with Crippen molar-refractivity contribution in [2.24, 2.45) is 11.3 Å². The minimum absolute atomic E-state index is 0.243. The smallest absolute Gasteiger partial charge is 0.410 e. The standard InChI is InChI=1S/C22H24ClN5O3/c1-31-21(30)26-9-14-6-16(23)4-5-17(14)28-18(10-26)24-25-19(28)15-7-22(8-15)11-27(12-22)20(29)13-2-3-13/h4-6,13,15H,2-3,7-12H2,1H3. The molecule has 0 radical (unpaired) electrons. The summed E-state index contributed by atoms with van der Waals surface area (Å²) in [5.41, 5.74) is 2.15. The van der Waals surface area contributed by atoms with E-state index < -0.39 is 6.09 Å². The van der Waals surface area contributed by atoms with Crippen LogP contribution in [0.4, 0.5) is 4.79 Å². The van der Waals surface area contributed by atoms with E-state index in [0.29, 0.717) is 35.9 Å². The number of amides is 2. The lowest BCUT2D eigenvalue weighted by molar-refractivity contribution is -0.153. The molecular formula is C22H24ClN5O3. The van der Waals surface area contributed by atoms with Gasteiger partial charge in [-0.1, -0.05) is 11.6 Å². The summed E-state index contributed by atoms with van der Waals surface area (Å²) in [6, 6.07) is 5.72. The molecule has 2 aromatic rings. The highest BCUT2D eigenvalue weighted by atomic mass is 35.5. The van der Waals surface area contributed by atoms with Gasteiger partial charge in [0.25, 0.3) is 0 Å². The summed E-state index contributed by atoms with van der Waals surface area (Å²) in [5, 5.41) is 9.60. The van der Waals surface area contributed by atoms with E-state index in [1.165, 1.54) is 7.11 Å². The number of carbonyl (C=O) groups is 2. The Labute approximate surface area is 185 Å². The average Bonchev–Trinajstić information content (AvgIpc) is 3.49. The van der Waals surface area contributed by atoms with E-state index in [4.69, 9.17) is 16.3 Å². The molecule has 9 heteroatoms. The van der Waals surface area contributed by atoms with Crippen LogP contribution in [0.25, 0.3) is 5.69 Å². The Morgan fingerprint density at radius 3 is 2.61 bits per heavy atom. The number of rotatable bonds is 2. The van der Waals surface area contributed by atoms with Crippen molar-refractivity contribution in [1.29, 1.82) is 0 Å². The van der Waals surface area contributed by atoms with Crippen molar-refractivity contribution in [2.45, 2.75) is 44.7 Å². The van der Waals surface area contributed by atoms with Crippen LogP contribution in [0.2, 0.25) is 5.02 Å². The average molecular weight is 442 g/mol. The van der Waals surface area contributed by atoms with Crippen LogP contribution in [0, 0.1) is 11.3 Å². The quantitative estimate of drug-likeness (QED) is 0.715. The molecule has 6 rings (SSSR count). The molecule has 2 saturated carbocycles. The van der Waals surface area contributed by atoms with E-state index in [0.717, 1.165) is 61.7 Å². The van der Waals surface area contributed by atoms with Crippen molar-refractivity contribution in [3.63, 3.8) is 0 Å². The number of ether oxygens (including phenoxy) is 1. The molecule has 8 nitrogen and oxygen atoms in total. The largest absolute Gasteiger partial charge is 0.453 e. The number of likely N-dealkylation sites (tertiary alicyclic amines) is 1. The number of fused-ring (bicyclic) bond motifs is 3. The summed E-state index contributed by atoms with van der Waals surface area (Å²) >= 11 is 6.26. The van der Waals surface area contributed by atoms with E-state index in [9.17, 15) is 9.59 Å². The van der Waals surface area contributed by atoms with E-state index in [2.05, 4.69) is 14.8 Å². The molecule has 3 fully saturated rings. The second-order valence-electron chi connectivity index (χ2n) is 9.48. The molecule has 2 aliphatic carbocycles. The molecule has 2 amide bonds. The zero-order chi connectivity index (χ0) is 21.3. The number of methoxy groups -OCH3 is 1. The second kappa shape index (κ2) is 6.69. The molecule has 0 unspecified atom stereocenters. The number of aromatic nitrogens is 3. The lowest BCUT2D eigenvalue weighted by Gasteiger charge is -2.58. The third-order valence-corrected chi connectivity index (χ3v) is 7.41. The predicted molar refractivity (Wildman–Crippen MR) is 112 cm³/mol. The maximum Gasteiger partial charge on any atom is 0.410 e. The topological polar surface area (TPSA) is 80.6 Å². The zero-order valence-electron chi connectivity index (χ0n) is 17.4. The van der Waals surface area contributed by atoms with Crippen LogP contribution in [0.15, 0.2) is 18.2 Å². The predicted octanol–water partition coefficient (Wildman–Crippen LogP) is 3.12. The molecule has 162 valence electrons. The van der Waals surface area contributed by atoms with E-state index >= 15 is 0 Å². The third-order valence-electron chi connectivity index (χ3n) is 7.18. The molecule has 2 aliphatic heterocycles. The Bertz CT molecular complexity index is 1080. The first kappa shape index (κ1) is 19.1. The summed E-state index contributed by atoms with van der Waals surface area (Å²) in [4.78, 5) is 28.2. The van der Waals surface area contributed by atoms with Crippen molar-refractivity contribution >= 4 is 23.6 Å². The van der Waals surface area contributed by atoms with Gasteiger partial charge < -0.3 is 9.64 Å². The van der Waals surface area contributed by atoms with Gasteiger partial charge in [-0.05, 0) is 49.4 Å². The third kappa shape index (κ3) is 3.03. The van der Waals surface area contributed by atoms with E-state index in [-0.39, 0.29) is 5.41 Å². The number of halogens is 1. The number of carbonyl (C=O) groups excluding carboxylic acids is 2. The van der Waals surface area contributed by atoms with Crippen molar-refractivity contribution in [3.05, 3.63) is 40.4 Å². The first-order valence-corrected chi connectivity index (χ1v) is 11.2. The van der Waals surface area contributed by atoms with Gasteiger partial charge in [-0.15, -0.1) is 10.2 Å². The summed E-state index contributed by atoms with van der Waals surface area (Å²) in [7, 11) is 1.38. The van der Waals surface area contributed by atoms with Gasteiger partial charge in [0.1, 0.15) is 5.82 Å². The highest BCUT2D eigenvalue weighted by Gasteiger charge is 2.56. The number of nitrogens with zero attached hydrogens (tertiary/aromatic N) is 5. The molecule has 0 N–H and O–H groups in total. The fraction of sp³-hybridized carbons (Fsp3) is 0.545. The second-order valence-corrected chi connectivity index (χ2v) is 9.92. The van der Waals surface area contributed by atoms with Gasteiger partial charge in [0.15, 0.2) is 5.82 Å². The van der Waals surface area contributed by atoms with Gasteiger partial charge in [-0.3, -0.25) is 14.3 Å². The zero-order valence-corrected chi connectivity index (χ0v) is 18.1. The first-order valence-electron chi connectivity index (χ1n) is 10.8. The van der Waals surface area contributed by atoms with Crippen molar-refractivity contribution in [3.8, 4) is 5.69 Å². The molecule has 1 aromatic heterocycles. The van der Waals surface area contributed by atoms with Crippen LogP contribution in [0.1, 0.15) is 48.8 Å². The first-order chi connectivity index (χ1) is 15.0. The maximum absolute atomic E-state index is 12.3. The van der Waals surface area contributed by atoms with E-state index in [1.807, 2.05) is 23.1 Å². The van der Waals surface area contributed by atoms with Crippen LogP contribution < -0.4 is 0 Å². The van der Waals surface area contributed by atoms with Crippen LogP contribution >= 0.6 is 11.6 Å². The Morgan fingerprint density at radius 2 is 1.90 bits per heavy atom. The summed E-state index contributed by atoms with van der Waals surface area (Å²) in [5.74, 6) is 2.60. The lowest BCUT2D eigenvalue weighted by Crippen LogP contribution is -2.63. The summed E-state index contributed by atoms with van der Waals surface area (Å²) in [6.07, 6.45) is 3.75.